The van der Waals surface area contributed by atoms with Crippen LogP contribution in [-0.4, -0.2) is 42.5 Å². The van der Waals surface area contributed by atoms with Gasteiger partial charge >= 0.3 is 0 Å². The molecule has 0 radical (unpaired) electrons. The molecule has 1 atom stereocenters. The molecule has 0 unspecified atom stereocenters. The van der Waals surface area contributed by atoms with E-state index in [2.05, 4.69) is 16.8 Å². The van der Waals surface area contributed by atoms with Gasteiger partial charge in [0, 0.05) is 38.4 Å². The van der Waals surface area contributed by atoms with Crippen molar-refractivity contribution in [3.63, 3.8) is 0 Å². The van der Waals surface area contributed by atoms with Gasteiger partial charge in [0.1, 0.15) is 5.82 Å². The number of rotatable bonds is 2. The molecule has 1 amide bonds. The molecule has 4 nitrogen and oxygen atoms in total. The molecule has 0 spiro atoms. The minimum Gasteiger partial charge on any atom is -0.354 e. The van der Waals surface area contributed by atoms with Crippen molar-refractivity contribution in [2.75, 3.05) is 25.5 Å². The number of carbonyl (C=O) groups is 1. The van der Waals surface area contributed by atoms with Gasteiger partial charge in [-0.25, -0.2) is 4.98 Å². The summed E-state index contributed by atoms with van der Waals surface area (Å²) >= 11 is 0. The number of anilines is 1. The largest absolute Gasteiger partial charge is 0.354 e. The summed E-state index contributed by atoms with van der Waals surface area (Å²) in [5.74, 6) is 0.947. The van der Waals surface area contributed by atoms with Crippen LogP contribution in [0.25, 0.3) is 0 Å². The monoisotopic (exact) mass is 233 g/mol. The Hall–Kier alpha value is -1.58. The molecule has 1 aromatic rings. The molecule has 17 heavy (non-hydrogen) atoms. The van der Waals surface area contributed by atoms with E-state index < -0.39 is 0 Å². The summed E-state index contributed by atoms with van der Waals surface area (Å²) in [7, 11) is 3.53. The van der Waals surface area contributed by atoms with E-state index in [1.807, 2.05) is 6.07 Å². The Morgan fingerprint density at radius 2 is 2.29 bits per heavy atom. The zero-order valence-electron chi connectivity index (χ0n) is 10.7. The highest BCUT2D eigenvalue weighted by Crippen LogP contribution is 2.23. The highest BCUT2D eigenvalue weighted by atomic mass is 16.2. The molecule has 1 saturated heterocycles. The van der Waals surface area contributed by atoms with Gasteiger partial charge in [0.05, 0.1) is 0 Å². The highest BCUT2D eigenvalue weighted by Gasteiger charge is 2.22. The summed E-state index contributed by atoms with van der Waals surface area (Å²) in [6, 6.07) is 4.18. The predicted octanol–water partition coefficient (Wildman–Crippen LogP) is 1.77. The molecule has 0 aliphatic carbocycles. The van der Waals surface area contributed by atoms with Gasteiger partial charge in [0.15, 0.2) is 0 Å². The second-order valence-electron chi connectivity index (χ2n) is 4.79. The molecule has 1 aromatic heterocycles. The fraction of sp³-hybridized carbons (Fsp3) is 0.538. The van der Waals surface area contributed by atoms with Crippen molar-refractivity contribution in [2.45, 2.75) is 25.8 Å². The number of nitrogens with zero attached hydrogens (tertiary/aromatic N) is 3. The van der Waals surface area contributed by atoms with Crippen LogP contribution in [0, 0.1) is 0 Å². The number of carbonyl (C=O) groups excluding carboxylic acids is 1. The van der Waals surface area contributed by atoms with Crippen molar-refractivity contribution in [1.29, 1.82) is 0 Å². The average molecular weight is 233 g/mol. The Morgan fingerprint density at radius 3 is 2.88 bits per heavy atom. The second kappa shape index (κ2) is 4.73. The molecule has 0 bridgehead atoms. The SMILES string of the molecule is C[C@@H]1CCCN1c1cc(C(=O)N(C)C)ccn1. The van der Waals surface area contributed by atoms with Gasteiger partial charge in [-0.1, -0.05) is 0 Å². The first-order valence-corrected chi connectivity index (χ1v) is 6.04. The fourth-order valence-electron chi connectivity index (χ4n) is 2.24. The first-order chi connectivity index (χ1) is 8.09. The molecular weight excluding hydrogens is 214 g/mol. The van der Waals surface area contributed by atoms with E-state index in [1.54, 1.807) is 31.3 Å². The van der Waals surface area contributed by atoms with Crippen LogP contribution in [-0.2, 0) is 0 Å². The van der Waals surface area contributed by atoms with E-state index in [-0.39, 0.29) is 5.91 Å². The Labute approximate surface area is 102 Å². The lowest BCUT2D eigenvalue weighted by molar-refractivity contribution is 0.0827. The minimum absolute atomic E-state index is 0.0282. The van der Waals surface area contributed by atoms with Crippen molar-refractivity contribution < 1.29 is 4.79 Å². The average Bonchev–Trinajstić information content (AvgIpc) is 2.74. The Kier molecular flexibility index (Phi) is 3.31. The minimum atomic E-state index is 0.0282. The van der Waals surface area contributed by atoms with E-state index in [0.717, 1.165) is 12.4 Å². The van der Waals surface area contributed by atoms with Crippen molar-refractivity contribution in [2.24, 2.45) is 0 Å². The molecule has 1 aliphatic rings. The normalized spacial score (nSPS) is 19.5. The van der Waals surface area contributed by atoms with Crippen LogP contribution in [0.1, 0.15) is 30.1 Å². The zero-order chi connectivity index (χ0) is 12.4. The van der Waals surface area contributed by atoms with Crippen molar-refractivity contribution in [3.05, 3.63) is 23.9 Å². The molecule has 92 valence electrons. The van der Waals surface area contributed by atoms with Gasteiger partial charge in [-0.05, 0) is 31.9 Å². The molecule has 0 N–H and O–H groups in total. The van der Waals surface area contributed by atoms with Gasteiger partial charge < -0.3 is 9.80 Å². The maximum absolute atomic E-state index is 11.9. The van der Waals surface area contributed by atoms with Gasteiger partial charge in [-0.15, -0.1) is 0 Å². The van der Waals surface area contributed by atoms with Crippen molar-refractivity contribution in [3.8, 4) is 0 Å². The molecule has 1 aliphatic heterocycles. The van der Waals surface area contributed by atoms with Crippen LogP contribution in [0.15, 0.2) is 18.3 Å². The third kappa shape index (κ3) is 2.40. The molecule has 2 rings (SSSR count). The second-order valence-corrected chi connectivity index (χ2v) is 4.79. The van der Waals surface area contributed by atoms with Crippen molar-refractivity contribution >= 4 is 11.7 Å². The molecule has 4 heteroatoms. The standard InChI is InChI=1S/C13H19N3O/c1-10-5-4-8-16(10)12-9-11(6-7-14-12)13(17)15(2)3/h6-7,9-10H,4-5,8H2,1-3H3/t10-/m1/s1. The van der Waals surface area contributed by atoms with E-state index in [4.69, 9.17) is 0 Å². The highest BCUT2D eigenvalue weighted by molar-refractivity contribution is 5.94. The fourth-order valence-corrected chi connectivity index (χ4v) is 2.24. The van der Waals surface area contributed by atoms with Crippen LogP contribution >= 0.6 is 0 Å². The molecule has 0 saturated carbocycles. The molecular formula is C13H19N3O. The maximum Gasteiger partial charge on any atom is 0.253 e. The van der Waals surface area contributed by atoms with Gasteiger partial charge in [-0.2, -0.15) is 0 Å². The summed E-state index contributed by atoms with van der Waals surface area (Å²) in [6.07, 6.45) is 4.12. The number of aromatic nitrogens is 1. The maximum atomic E-state index is 11.9. The van der Waals surface area contributed by atoms with Crippen LogP contribution in [0.4, 0.5) is 5.82 Å². The number of hydrogen-bond donors (Lipinski definition) is 0. The third-order valence-electron chi connectivity index (χ3n) is 3.25. The lowest BCUT2D eigenvalue weighted by Crippen LogP contribution is -2.28. The topological polar surface area (TPSA) is 36.4 Å². The van der Waals surface area contributed by atoms with E-state index >= 15 is 0 Å². The van der Waals surface area contributed by atoms with E-state index in [9.17, 15) is 4.79 Å². The van der Waals surface area contributed by atoms with Crippen LogP contribution in [0.2, 0.25) is 0 Å². The molecule has 1 fully saturated rings. The lowest BCUT2D eigenvalue weighted by Gasteiger charge is -2.23. The number of amides is 1. The number of pyridine rings is 1. The number of hydrogen-bond acceptors (Lipinski definition) is 3. The summed E-state index contributed by atoms with van der Waals surface area (Å²) in [5, 5.41) is 0. The predicted molar refractivity (Wildman–Crippen MR) is 68.3 cm³/mol. The summed E-state index contributed by atoms with van der Waals surface area (Å²) < 4.78 is 0. The van der Waals surface area contributed by atoms with E-state index in [1.165, 1.54) is 12.8 Å². The van der Waals surface area contributed by atoms with Gasteiger partial charge in [-0.3, -0.25) is 4.79 Å². The van der Waals surface area contributed by atoms with Crippen LogP contribution in [0.3, 0.4) is 0 Å². The lowest BCUT2D eigenvalue weighted by atomic mass is 10.2. The van der Waals surface area contributed by atoms with Crippen LogP contribution < -0.4 is 4.90 Å². The summed E-state index contributed by atoms with van der Waals surface area (Å²) in [4.78, 5) is 20.1. The Balaban J connectivity index is 2.25. The zero-order valence-corrected chi connectivity index (χ0v) is 10.7. The summed E-state index contributed by atoms with van der Waals surface area (Å²) in [5.41, 5.74) is 0.708. The van der Waals surface area contributed by atoms with Crippen LogP contribution in [0.5, 0.6) is 0 Å². The van der Waals surface area contributed by atoms with Crippen molar-refractivity contribution in [1.82, 2.24) is 9.88 Å². The molecule has 2 heterocycles. The van der Waals surface area contributed by atoms with Gasteiger partial charge in [0.2, 0.25) is 0 Å². The quantitative estimate of drug-likeness (QED) is 0.781. The first kappa shape index (κ1) is 11.9. The molecule has 0 aromatic carbocycles. The van der Waals surface area contributed by atoms with Gasteiger partial charge in [0.25, 0.3) is 5.91 Å². The Bertz CT molecular complexity index is 417. The first-order valence-electron chi connectivity index (χ1n) is 6.04. The Morgan fingerprint density at radius 1 is 1.53 bits per heavy atom. The van der Waals surface area contributed by atoms with E-state index in [0.29, 0.717) is 11.6 Å². The smallest absolute Gasteiger partial charge is 0.253 e. The third-order valence-corrected chi connectivity index (χ3v) is 3.25. The summed E-state index contributed by atoms with van der Waals surface area (Å²) in [6.45, 7) is 3.24.